The number of carbonyl (C=O) groups is 2. The molecule has 3 atom stereocenters. The van der Waals surface area contributed by atoms with E-state index in [1.807, 2.05) is 20.8 Å². The summed E-state index contributed by atoms with van der Waals surface area (Å²) in [5, 5.41) is 11.5. The molecule has 0 aromatic carbocycles. The average molecular weight is 244 g/mol. The molecule has 2 unspecified atom stereocenters. The van der Waals surface area contributed by atoms with Gasteiger partial charge in [0, 0.05) is 6.04 Å². The van der Waals surface area contributed by atoms with Crippen LogP contribution in [0.4, 0.5) is 0 Å². The number of nitrogens with one attached hydrogen (secondary N) is 1. The second kappa shape index (κ2) is 8.06. The van der Waals surface area contributed by atoms with Crippen molar-refractivity contribution in [3.63, 3.8) is 0 Å². The molecule has 0 saturated carbocycles. The van der Waals surface area contributed by atoms with Crippen LogP contribution in [0.15, 0.2) is 0 Å². The molecule has 0 aliphatic carbocycles. The predicted molar refractivity (Wildman–Crippen MR) is 66.5 cm³/mol. The van der Waals surface area contributed by atoms with E-state index in [0.717, 1.165) is 12.8 Å². The molecule has 0 aliphatic heterocycles. The molecule has 0 fully saturated rings. The minimum atomic E-state index is -0.902. The first-order valence-corrected chi connectivity index (χ1v) is 6.20. The van der Waals surface area contributed by atoms with Crippen LogP contribution in [0.25, 0.3) is 0 Å². The predicted octanol–water partition coefficient (Wildman–Crippen LogP) is 1.12. The lowest BCUT2D eigenvalue weighted by Gasteiger charge is -2.22. The number of carboxylic acids is 1. The maximum Gasteiger partial charge on any atom is 0.305 e. The highest BCUT2D eigenvalue weighted by atomic mass is 16.4. The van der Waals surface area contributed by atoms with Gasteiger partial charge in [-0.05, 0) is 12.3 Å². The Hall–Kier alpha value is -1.10. The van der Waals surface area contributed by atoms with Crippen molar-refractivity contribution in [2.45, 2.75) is 58.5 Å². The van der Waals surface area contributed by atoms with Gasteiger partial charge < -0.3 is 16.2 Å². The van der Waals surface area contributed by atoms with Gasteiger partial charge in [-0.2, -0.15) is 0 Å². The van der Waals surface area contributed by atoms with E-state index in [2.05, 4.69) is 5.32 Å². The Labute approximate surface area is 103 Å². The normalized spacial score (nSPS) is 16.0. The van der Waals surface area contributed by atoms with Crippen molar-refractivity contribution in [3.05, 3.63) is 0 Å². The average Bonchev–Trinajstić information content (AvgIpc) is 2.26. The van der Waals surface area contributed by atoms with Gasteiger partial charge in [-0.15, -0.1) is 0 Å². The van der Waals surface area contributed by atoms with E-state index in [-0.39, 0.29) is 24.3 Å². The minimum Gasteiger partial charge on any atom is -0.481 e. The third-order valence-electron chi connectivity index (χ3n) is 2.96. The Bertz CT molecular complexity index is 256. The van der Waals surface area contributed by atoms with Crippen molar-refractivity contribution in [1.82, 2.24) is 5.32 Å². The van der Waals surface area contributed by atoms with Crippen LogP contribution in [0.3, 0.4) is 0 Å². The molecule has 0 spiro atoms. The van der Waals surface area contributed by atoms with Crippen LogP contribution in [0.2, 0.25) is 0 Å². The molecule has 0 heterocycles. The van der Waals surface area contributed by atoms with E-state index >= 15 is 0 Å². The molecule has 0 aliphatic rings. The van der Waals surface area contributed by atoms with Gasteiger partial charge in [-0.1, -0.05) is 33.6 Å². The number of amides is 1. The molecule has 0 aromatic rings. The lowest BCUT2D eigenvalue weighted by atomic mass is 9.98. The summed E-state index contributed by atoms with van der Waals surface area (Å²) in [7, 11) is 0. The largest absolute Gasteiger partial charge is 0.481 e. The Balaban J connectivity index is 4.33. The second-order valence-electron chi connectivity index (χ2n) is 4.50. The SMILES string of the molecule is CCCC(CC(=O)O)NC(=O)[C@@H](N)C(C)CC. The molecule has 100 valence electrons. The van der Waals surface area contributed by atoms with Gasteiger partial charge in [0.15, 0.2) is 0 Å². The highest BCUT2D eigenvalue weighted by Gasteiger charge is 2.22. The highest BCUT2D eigenvalue weighted by Crippen LogP contribution is 2.07. The first-order valence-electron chi connectivity index (χ1n) is 6.20. The Morgan fingerprint density at radius 3 is 2.35 bits per heavy atom. The zero-order valence-corrected chi connectivity index (χ0v) is 10.9. The molecular formula is C12H24N2O3. The minimum absolute atomic E-state index is 0.0488. The number of carboxylic acid groups (broad SMARTS) is 1. The summed E-state index contributed by atoms with van der Waals surface area (Å²) in [5.41, 5.74) is 5.79. The summed E-state index contributed by atoms with van der Waals surface area (Å²) in [4.78, 5) is 22.4. The summed E-state index contributed by atoms with van der Waals surface area (Å²) in [6.07, 6.45) is 2.26. The van der Waals surface area contributed by atoms with Gasteiger partial charge in [-0.25, -0.2) is 0 Å². The van der Waals surface area contributed by atoms with E-state index in [4.69, 9.17) is 10.8 Å². The van der Waals surface area contributed by atoms with Crippen LogP contribution >= 0.6 is 0 Å². The van der Waals surface area contributed by atoms with Crippen molar-refractivity contribution in [1.29, 1.82) is 0 Å². The third-order valence-corrected chi connectivity index (χ3v) is 2.96. The zero-order valence-electron chi connectivity index (χ0n) is 10.9. The highest BCUT2D eigenvalue weighted by molar-refractivity contribution is 5.82. The number of hydrogen-bond donors (Lipinski definition) is 3. The molecule has 0 bridgehead atoms. The fourth-order valence-electron chi connectivity index (χ4n) is 1.59. The molecule has 0 saturated heterocycles. The molecule has 0 aromatic heterocycles. The number of hydrogen-bond acceptors (Lipinski definition) is 3. The summed E-state index contributed by atoms with van der Waals surface area (Å²) < 4.78 is 0. The molecule has 4 N–H and O–H groups in total. The lowest BCUT2D eigenvalue weighted by molar-refractivity contribution is -0.137. The Morgan fingerprint density at radius 1 is 1.35 bits per heavy atom. The van der Waals surface area contributed by atoms with Crippen molar-refractivity contribution >= 4 is 11.9 Å². The maximum absolute atomic E-state index is 11.8. The van der Waals surface area contributed by atoms with Crippen LogP contribution in [0, 0.1) is 5.92 Å². The van der Waals surface area contributed by atoms with Gasteiger partial charge in [-0.3, -0.25) is 9.59 Å². The van der Waals surface area contributed by atoms with Crippen LogP contribution in [0.5, 0.6) is 0 Å². The number of rotatable bonds is 8. The zero-order chi connectivity index (χ0) is 13.4. The summed E-state index contributed by atoms with van der Waals surface area (Å²) in [5.74, 6) is -1.05. The van der Waals surface area contributed by atoms with Gasteiger partial charge in [0.25, 0.3) is 0 Å². The Kier molecular flexibility index (Phi) is 7.54. The molecule has 5 nitrogen and oxygen atoms in total. The van der Waals surface area contributed by atoms with Gasteiger partial charge in [0.1, 0.15) is 0 Å². The fourth-order valence-corrected chi connectivity index (χ4v) is 1.59. The van der Waals surface area contributed by atoms with Gasteiger partial charge in [0.2, 0.25) is 5.91 Å². The molecule has 0 rings (SSSR count). The smallest absolute Gasteiger partial charge is 0.305 e. The van der Waals surface area contributed by atoms with Crippen molar-refractivity contribution < 1.29 is 14.7 Å². The maximum atomic E-state index is 11.8. The molecule has 1 amide bonds. The quantitative estimate of drug-likeness (QED) is 0.596. The van der Waals surface area contributed by atoms with E-state index in [0.29, 0.717) is 6.42 Å². The molecular weight excluding hydrogens is 220 g/mol. The summed E-state index contributed by atoms with van der Waals surface area (Å²) >= 11 is 0. The third kappa shape index (κ3) is 6.26. The molecule has 17 heavy (non-hydrogen) atoms. The fraction of sp³-hybridized carbons (Fsp3) is 0.833. The molecule has 0 radical (unpaired) electrons. The van der Waals surface area contributed by atoms with E-state index < -0.39 is 12.0 Å². The van der Waals surface area contributed by atoms with Crippen LogP contribution in [-0.4, -0.2) is 29.1 Å². The number of nitrogens with two attached hydrogens (primary N) is 1. The Morgan fingerprint density at radius 2 is 1.94 bits per heavy atom. The van der Waals surface area contributed by atoms with Crippen LogP contribution in [0.1, 0.15) is 46.5 Å². The number of aliphatic carboxylic acids is 1. The van der Waals surface area contributed by atoms with Crippen molar-refractivity contribution in [3.8, 4) is 0 Å². The van der Waals surface area contributed by atoms with Crippen LogP contribution < -0.4 is 11.1 Å². The van der Waals surface area contributed by atoms with Gasteiger partial charge >= 0.3 is 5.97 Å². The first-order chi connectivity index (χ1) is 7.92. The van der Waals surface area contributed by atoms with E-state index in [9.17, 15) is 9.59 Å². The van der Waals surface area contributed by atoms with E-state index in [1.54, 1.807) is 0 Å². The topological polar surface area (TPSA) is 92.4 Å². The second-order valence-corrected chi connectivity index (χ2v) is 4.50. The van der Waals surface area contributed by atoms with Crippen LogP contribution in [-0.2, 0) is 9.59 Å². The van der Waals surface area contributed by atoms with Crippen molar-refractivity contribution in [2.24, 2.45) is 11.7 Å². The first kappa shape index (κ1) is 15.9. The summed E-state index contributed by atoms with van der Waals surface area (Å²) in [6.45, 7) is 5.84. The van der Waals surface area contributed by atoms with Crippen molar-refractivity contribution in [2.75, 3.05) is 0 Å². The monoisotopic (exact) mass is 244 g/mol. The van der Waals surface area contributed by atoms with Gasteiger partial charge in [0.05, 0.1) is 12.5 Å². The summed E-state index contributed by atoms with van der Waals surface area (Å²) in [6, 6.07) is -0.881. The molecule has 5 heteroatoms. The number of carbonyl (C=O) groups excluding carboxylic acids is 1. The van der Waals surface area contributed by atoms with E-state index in [1.165, 1.54) is 0 Å². The standard InChI is InChI=1S/C12H24N2O3/c1-4-6-9(7-10(15)16)14-12(17)11(13)8(3)5-2/h8-9,11H,4-7,13H2,1-3H3,(H,14,17)(H,15,16)/t8?,9?,11-/m0/s1. The lowest BCUT2D eigenvalue weighted by Crippen LogP contribution is -2.48.